The Labute approximate surface area is 195 Å². The molecule has 158 valence electrons. The van der Waals surface area contributed by atoms with Crippen LogP contribution in [0.4, 0.5) is 5.69 Å². The van der Waals surface area contributed by atoms with Crippen molar-refractivity contribution in [3.8, 4) is 0 Å². The Kier molecular flexibility index (Phi) is 7.73. The Hall–Kier alpha value is -2.55. The van der Waals surface area contributed by atoms with Gasteiger partial charge in [-0.3, -0.25) is 9.67 Å². The number of nitrogens with zero attached hydrogens (tertiary/aromatic N) is 4. The molecule has 0 saturated heterocycles. The van der Waals surface area contributed by atoms with Crippen molar-refractivity contribution in [2.24, 2.45) is 12.0 Å². The maximum atomic E-state index is 4.30. The number of hydrogen-bond donors (Lipinski definition) is 2. The predicted molar refractivity (Wildman–Crippen MR) is 133 cm³/mol. The first-order valence-corrected chi connectivity index (χ1v) is 10.0. The number of halogens is 1. The summed E-state index contributed by atoms with van der Waals surface area (Å²) < 4.78 is 1.86. The van der Waals surface area contributed by atoms with Crippen LogP contribution in [0.15, 0.2) is 65.8 Å². The van der Waals surface area contributed by atoms with E-state index in [4.69, 9.17) is 0 Å². The smallest absolute Gasteiger partial charge is 0.191 e. The fourth-order valence-electron chi connectivity index (χ4n) is 3.71. The van der Waals surface area contributed by atoms with Crippen LogP contribution in [0.3, 0.4) is 0 Å². The van der Waals surface area contributed by atoms with Gasteiger partial charge in [-0.1, -0.05) is 42.5 Å². The molecule has 0 fully saturated rings. The van der Waals surface area contributed by atoms with Gasteiger partial charge in [-0.2, -0.15) is 5.10 Å². The van der Waals surface area contributed by atoms with Gasteiger partial charge >= 0.3 is 0 Å². The third-order valence-corrected chi connectivity index (χ3v) is 5.42. The Morgan fingerprint density at radius 2 is 1.73 bits per heavy atom. The summed E-state index contributed by atoms with van der Waals surface area (Å²) in [5.74, 6) is 0.781. The summed E-state index contributed by atoms with van der Waals surface area (Å²) in [6.45, 7) is 3.48. The average Bonchev–Trinajstić information content (AvgIpc) is 3.35. The molecule has 0 spiro atoms. The highest BCUT2D eigenvalue weighted by atomic mass is 127. The normalized spacial score (nSPS) is 13.0. The van der Waals surface area contributed by atoms with Crippen LogP contribution >= 0.6 is 24.0 Å². The molecule has 2 N–H and O–H groups in total. The number of fused-ring (bicyclic) bond motifs is 1. The van der Waals surface area contributed by atoms with Crippen molar-refractivity contribution in [1.82, 2.24) is 20.4 Å². The van der Waals surface area contributed by atoms with E-state index < -0.39 is 0 Å². The molecule has 0 bridgehead atoms. The molecule has 0 saturated carbocycles. The molecular formula is C23H29IN6. The van der Waals surface area contributed by atoms with Crippen molar-refractivity contribution < 1.29 is 0 Å². The largest absolute Gasteiger partial charge is 0.367 e. The second-order valence-corrected chi connectivity index (χ2v) is 7.34. The highest BCUT2D eigenvalue weighted by molar-refractivity contribution is 14.0. The van der Waals surface area contributed by atoms with E-state index in [-0.39, 0.29) is 24.0 Å². The Bertz CT molecular complexity index is 979. The maximum Gasteiger partial charge on any atom is 0.191 e. The number of para-hydroxylation sites is 1. The van der Waals surface area contributed by atoms with Gasteiger partial charge in [0, 0.05) is 45.6 Å². The van der Waals surface area contributed by atoms with Crippen LogP contribution in [0.1, 0.15) is 22.4 Å². The summed E-state index contributed by atoms with van der Waals surface area (Å²) in [5.41, 5.74) is 6.52. The summed E-state index contributed by atoms with van der Waals surface area (Å²) in [7, 11) is 3.73. The van der Waals surface area contributed by atoms with E-state index >= 15 is 0 Å². The van der Waals surface area contributed by atoms with Crippen LogP contribution in [0.2, 0.25) is 0 Å². The molecule has 3 aromatic rings. The Morgan fingerprint density at radius 1 is 1.00 bits per heavy atom. The molecule has 0 radical (unpaired) electrons. The number of rotatable bonds is 6. The lowest BCUT2D eigenvalue weighted by molar-refractivity contribution is 0.684. The number of aromatic nitrogens is 2. The van der Waals surface area contributed by atoms with Crippen LogP contribution in [0.5, 0.6) is 0 Å². The first-order chi connectivity index (χ1) is 14.2. The fourth-order valence-corrected chi connectivity index (χ4v) is 3.71. The van der Waals surface area contributed by atoms with E-state index in [1.807, 2.05) is 17.8 Å². The number of benzene rings is 2. The SMILES string of the molecule is CN=C(NCc1ccc(CN2CCc3ccccc32)cc1)NCc1ccnn1C.I. The zero-order valence-corrected chi connectivity index (χ0v) is 19.8. The number of nitrogens with one attached hydrogen (secondary N) is 2. The van der Waals surface area contributed by atoms with Crippen LogP contribution < -0.4 is 15.5 Å². The monoisotopic (exact) mass is 516 g/mol. The van der Waals surface area contributed by atoms with Crippen LogP contribution in [-0.2, 0) is 33.1 Å². The quantitative estimate of drug-likeness (QED) is 0.300. The lowest BCUT2D eigenvalue weighted by Gasteiger charge is -2.19. The summed E-state index contributed by atoms with van der Waals surface area (Å²) in [4.78, 5) is 6.76. The molecule has 6 nitrogen and oxygen atoms in total. The molecule has 0 amide bonds. The predicted octanol–water partition coefficient (Wildman–Crippen LogP) is 3.47. The maximum absolute atomic E-state index is 4.30. The number of hydrogen-bond acceptors (Lipinski definition) is 3. The molecule has 0 atom stereocenters. The summed E-state index contributed by atoms with van der Waals surface area (Å²) in [6.07, 6.45) is 2.94. The lowest BCUT2D eigenvalue weighted by atomic mass is 10.1. The highest BCUT2D eigenvalue weighted by Crippen LogP contribution is 2.28. The second-order valence-electron chi connectivity index (χ2n) is 7.34. The number of aliphatic imine (C=N–C) groups is 1. The van der Waals surface area contributed by atoms with Gasteiger partial charge in [0.25, 0.3) is 0 Å². The molecule has 2 heterocycles. The number of guanidine groups is 1. The van der Waals surface area contributed by atoms with Crippen LogP contribution in [-0.4, -0.2) is 29.3 Å². The summed E-state index contributed by atoms with van der Waals surface area (Å²) in [5, 5.41) is 10.9. The van der Waals surface area contributed by atoms with Gasteiger partial charge in [-0.15, -0.1) is 24.0 Å². The van der Waals surface area contributed by atoms with Crippen LogP contribution in [0, 0.1) is 0 Å². The minimum Gasteiger partial charge on any atom is -0.367 e. The van der Waals surface area contributed by atoms with Gasteiger partial charge in [-0.25, -0.2) is 0 Å². The first kappa shape index (κ1) is 22.1. The molecule has 7 heteroatoms. The van der Waals surface area contributed by atoms with Gasteiger partial charge < -0.3 is 15.5 Å². The molecule has 1 aliphatic rings. The lowest BCUT2D eigenvalue weighted by Crippen LogP contribution is -2.36. The minimum atomic E-state index is 0. The molecule has 2 aromatic carbocycles. The third kappa shape index (κ3) is 5.33. The second kappa shape index (κ2) is 10.5. The zero-order chi connectivity index (χ0) is 20.1. The first-order valence-electron chi connectivity index (χ1n) is 10.0. The molecule has 0 unspecified atom stereocenters. The van der Waals surface area contributed by atoms with Gasteiger partial charge in [0.15, 0.2) is 5.96 Å². The van der Waals surface area contributed by atoms with Crippen molar-refractivity contribution in [3.63, 3.8) is 0 Å². The van der Waals surface area contributed by atoms with E-state index in [9.17, 15) is 0 Å². The number of anilines is 1. The van der Waals surface area contributed by atoms with E-state index in [1.54, 1.807) is 13.2 Å². The van der Waals surface area contributed by atoms with Crippen molar-refractivity contribution in [1.29, 1.82) is 0 Å². The van der Waals surface area contributed by atoms with Gasteiger partial charge in [0.05, 0.1) is 12.2 Å². The van der Waals surface area contributed by atoms with E-state index in [1.165, 1.54) is 22.4 Å². The molecule has 4 rings (SSSR count). The topological polar surface area (TPSA) is 57.5 Å². The fraction of sp³-hybridized carbons (Fsp3) is 0.304. The standard InChI is InChI=1S/C23H28N6.HI/c1-24-23(26-16-21-11-13-27-28(21)2)25-15-18-7-9-19(10-8-18)17-29-14-12-20-5-3-4-6-22(20)29;/h3-11,13H,12,14-17H2,1-2H3,(H2,24,25,26);1H. The van der Waals surface area contributed by atoms with Gasteiger partial charge in [0.1, 0.15) is 0 Å². The molecule has 0 aliphatic carbocycles. The Balaban J connectivity index is 0.00000256. The Morgan fingerprint density at radius 3 is 2.47 bits per heavy atom. The van der Waals surface area contributed by atoms with E-state index in [0.717, 1.165) is 37.7 Å². The van der Waals surface area contributed by atoms with Crippen molar-refractivity contribution >= 4 is 35.6 Å². The summed E-state index contributed by atoms with van der Waals surface area (Å²) >= 11 is 0. The molecule has 30 heavy (non-hydrogen) atoms. The molecule has 1 aromatic heterocycles. The third-order valence-electron chi connectivity index (χ3n) is 5.42. The van der Waals surface area contributed by atoms with Crippen LogP contribution in [0.25, 0.3) is 0 Å². The zero-order valence-electron chi connectivity index (χ0n) is 17.5. The van der Waals surface area contributed by atoms with Gasteiger partial charge in [-0.05, 0) is 35.2 Å². The van der Waals surface area contributed by atoms with Crippen molar-refractivity contribution in [2.45, 2.75) is 26.1 Å². The molecular weight excluding hydrogens is 487 g/mol. The van der Waals surface area contributed by atoms with Crippen molar-refractivity contribution in [2.75, 3.05) is 18.5 Å². The summed E-state index contributed by atoms with van der Waals surface area (Å²) in [6, 6.07) is 19.6. The van der Waals surface area contributed by atoms with Crippen molar-refractivity contribution in [3.05, 3.63) is 83.2 Å². The van der Waals surface area contributed by atoms with E-state index in [2.05, 4.69) is 74.2 Å². The average molecular weight is 516 g/mol. The molecule has 1 aliphatic heterocycles. The minimum absolute atomic E-state index is 0. The van der Waals surface area contributed by atoms with Gasteiger partial charge in [0.2, 0.25) is 0 Å². The highest BCUT2D eigenvalue weighted by Gasteiger charge is 2.18. The number of aryl methyl sites for hydroxylation is 1. The van der Waals surface area contributed by atoms with E-state index in [0.29, 0.717) is 6.54 Å².